The van der Waals surface area contributed by atoms with E-state index in [-0.39, 0.29) is 18.1 Å². The van der Waals surface area contributed by atoms with Crippen molar-refractivity contribution in [1.82, 2.24) is 5.32 Å². The quantitative estimate of drug-likeness (QED) is 0.858. The number of halogens is 1. The number of aliphatic hydroxyl groups excluding tert-OH is 1. The molecule has 0 saturated heterocycles. The molecular formula is C17H18FNO2. The Morgan fingerprint density at radius 2 is 1.76 bits per heavy atom. The Balaban J connectivity index is 1.76. The summed E-state index contributed by atoms with van der Waals surface area (Å²) in [7, 11) is 0. The average molecular weight is 287 g/mol. The van der Waals surface area contributed by atoms with E-state index < -0.39 is 6.10 Å². The molecule has 0 aromatic heterocycles. The monoisotopic (exact) mass is 287 g/mol. The Morgan fingerprint density at radius 1 is 1.10 bits per heavy atom. The fourth-order valence-corrected chi connectivity index (χ4v) is 2.07. The van der Waals surface area contributed by atoms with Crippen LogP contribution in [-0.2, 0) is 11.2 Å². The maximum absolute atomic E-state index is 13.4. The van der Waals surface area contributed by atoms with E-state index in [0.717, 1.165) is 5.56 Å². The standard InChI is InChI=1S/C17H18FNO2/c18-15-9-5-4-8-14(15)12-17(21)19-11-10-16(20)13-6-2-1-3-7-13/h1-9,16,20H,10-12H2,(H,19,21). The maximum Gasteiger partial charge on any atom is 0.224 e. The number of benzene rings is 2. The van der Waals surface area contributed by atoms with Crippen LogP contribution in [0.4, 0.5) is 4.39 Å². The highest BCUT2D eigenvalue weighted by atomic mass is 19.1. The van der Waals surface area contributed by atoms with Crippen LogP contribution in [-0.4, -0.2) is 17.6 Å². The van der Waals surface area contributed by atoms with Gasteiger partial charge in [0, 0.05) is 6.54 Å². The summed E-state index contributed by atoms with van der Waals surface area (Å²) in [6, 6.07) is 15.5. The number of carbonyl (C=O) groups excluding carboxylic acids is 1. The van der Waals surface area contributed by atoms with Crippen molar-refractivity contribution in [3.05, 3.63) is 71.5 Å². The molecule has 1 unspecified atom stereocenters. The van der Waals surface area contributed by atoms with E-state index in [1.165, 1.54) is 6.07 Å². The van der Waals surface area contributed by atoms with Crippen molar-refractivity contribution in [3.63, 3.8) is 0 Å². The zero-order chi connectivity index (χ0) is 15.1. The number of carbonyl (C=O) groups is 1. The largest absolute Gasteiger partial charge is 0.388 e. The van der Waals surface area contributed by atoms with Crippen LogP contribution in [0.5, 0.6) is 0 Å². The summed E-state index contributed by atoms with van der Waals surface area (Å²) >= 11 is 0. The molecule has 1 atom stereocenters. The Kier molecular flexibility index (Phi) is 5.46. The van der Waals surface area contributed by atoms with Crippen LogP contribution in [0.2, 0.25) is 0 Å². The highest BCUT2D eigenvalue weighted by Gasteiger charge is 2.09. The van der Waals surface area contributed by atoms with Gasteiger partial charge in [-0.25, -0.2) is 4.39 Å². The molecule has 0 aliphatic carbocycles. The number of nitrogens with one attached hydrogen (secondary N) is 1. The van der Waals surface area contributed by atoms with Crippen molar-refractivity contribution >= 4 is 5.91 Å². The van der Waals surface area contributed by atoms with Gasteiger partial charge in [0.2, 0.25) is 5.91 Å². The van der Waals surface area contributed by atoms with Gasteiger partial charge < -0.3 is 10.4 Å². The molecule has 21 heavy (non-hydrogen) atoms. The Labute approximate surface area is 123 Å². The van der Waals surface area contributed by atoms with Crippen molar-refractivity contribution in [1.29, 1.82) is 0 Å². The Bertz CT molecular complexity index is 586. The first-order valence-electron chi connectivity index (χ1n) is 6.90. The van der Waals surface area contributed by atoms with Gasteiger partial charge in [0.1, 0.15) is 5.82 Å². The van der Waals surface area contributed by atoms with Crippen molar-refractivity contribution < 1.29 is 14.3 Å². The molecule has 4 heteroatoms. The predicted octanol–water partition coefficient (Wildman–Crippen LogP) is 2.61. The van der Waals surface area contributed by atoms with Crippen molar-refractivity contribution in [2.75, 3.05) is 6.54 Å². The minimum absolute atomic E-state index is 0.00804. The summed E-state index contributed by atoms with van der Waals surface area (Å²) in [6.07, 6.45) is -0.179. The van der Waals surface area contributed by atoms with Gasteiger partial charge in [0.15, 0.2) is 0 Å². The molecule has 0 spiro atoms. The first kappa shape index (κ1) is 15.2. The molecule has 2 N–H and O–H groups in total. The highest BCUT2D eigenvalue weighted by molar-refractivity contribution is 5.78. The average Bonchev–Trinajstić information content (AvgIpc) is 2.50. The SMILES string of the molecule is O=C(Cc1ccccc1F)NCCC(O)c1ccccc1. The number of hydrogen-bond donors (Lipinski definition) is 2. The van der Waals surface area contributed by atoms with Gasteiger partial charge >= 0.3 is 0 Å². The molecule has 0 saturated carbocycles. The minimum atomic E-state index is -0.611. The van der Waals surface area contributed by atoms with E-state index in [4.69, 9.17) is 0 Å². The smallest absolute Gasteiger partial charge is 0.224 e. The van der Waals surface area contributed by atoms with Crippen LogP contribution in [0.1, 0.15) is 23.7 Å². The third-order valence-corrected chi connectivity index (χ3v) is 3.23. The highest BCUT2D eigenvalue weighted by Crippen LogP contribution is 2.15. The van der Waals surface area contributed by atoms with E-state index in [1.54, 1.807) is 18.2 Å². The lowest BCUT2D eigenvalue weighted by Crippen LogP contribution is -2.27. The number of aliphatic hydroxyl groups is 1. The molecule has 110 valence electrons. The van der Waals surface area contributed by atoms with E-state index >= 15 is 0 Å². The topological polar surface area (TPSA) is 49.3 Å². The lowest BCUT2D eigenvalue weighted by molar-refractivity contribution is -0.120. The van der Waals surface area contributed by atoms with E-state index in [0.29, 0.717) is 18.5 Å². The third-order valence-electron chi connectivity index (χ3n) is 3.23. The van der Waals surface area contributed by atoms with Crippen LogP contribution in [0, 0.1) is 5.82 Å². The lowest BCUT2D eigenvalue weighted by atomic mass is 10.1. The summed E-state index contributed by atoms with van der Waals surface area (Å²) in [5, 5.41) is 12.6. The third kappa shape index (κ3) is 4.68. The normalized spacial score (nSPS) is 11.9. The van der Waals surface area contributed by atoms with Crippen LogP contribution in [0.3, 0.4) is 0 Å². The molecule has 0 aliphatic heterocycles. The number of hydrogen-bond acceptors (Lipinski definition) is 2. The fourth-order valence-electron chi connectivity index (χ4n) is 2.07. The fraction of sp³-hybridized carbons (Fsp3) is 0.235. The van der Waals surface area contributed by atoms with Gasteiger partial charge in [-0.3, -0.25) is 4.79 Å². The molecule has 0 heterocycles. The molecular weight excluding hydrogens is 269 g/mol. The molecule has 0 fully saturated rings. The van der Waals surface area contributed by atoms with Crippen LogP contribution in [0.25, 0.3) is 0 Å². The molecule has 2 rings (SSSR count). The Morgan fingerprint density at radius 3 is 2.48 bits per heavy atom. The summed E-state index contributed by atoms with van der Waals surface area (Å²) in [6.45, 7) is 0.351. The first-order valence-corrected chi connectivity index (χ1v) is 6.90. The van der Waals surface area contributed by atoms with Crippen LogP contribution in [0.15, 0.2) is 54.6 Å². The van der Waals surface area contributed by atoms with Crippen molar-refractivity contribution in [3.8, 4) is 0 Å². The zero-order valence-electron chi connectivity index (χ0n) is 11.6. The van der Waals surface area contributed by atoms with E-state index in [1.807, 2.05) is 30.3 Å². The first-order chi connectivity index (χ1) is 10.2. The minimum Gasteiger partial charge on any atom is -0.388 e. The van der Waals surface area contributed by atoms with Crippen LogP contribution >= 0.6 is 0 Å². The van der Waals surface area contributed by atoms with Crippen LogP contribution < -0.4 is 5.32 Å². The molecule has 0 aliphatic rings. The van der Waals surface area contributed by atoms with Gasteiger partial charge in [0.25, 0.3) is 0 Å². The number of rotatable bonds is 6. The van der Waals surface area contributed by atoms with Gasteiger partial charge in [-0.05, 0) is 23.6 Å². The summed E-state index contributed by atoms with van der Waals surface area (Å²) in [4.78, 5) is 11.7. The van der Waals surface area contributed by atoms with Gasteiger partial charge in [0.05, 0.1) is 12.5 Å². The predicted molar refractivity (Wildman–Crippen MR) is 79.1 cm³/mol. The molecule has 0 radical (unpaired) electrons. The second kappa shape index (κ2) is 7.55. The van der Waals surface area contributed by atoms with Gasteiger partial charge in [-0.2, -0.15) is 0 Å². The van der Waals surface area contributed by atoms with Gasteiger partial charge in [-0.1, -0.05) is 48.5 Å². The molecule has 2 aromatic rings. The van der Waals surface area contributed by atoms with E-state index in [9.17, 15) is 14.3 Å². The van der Waals surface area contributed by atoms with Gasteiger partial charge in [-0.15, -0.1) is 0 Å². The lowest BCUT2D eigenvalue weighted by Gasteiger charge is -2.11. The molecule has 1 amide bonds. The Hall–Kier alpha value is -2.20. The van der Waals surface area contributed by atoms with E-state index in [2.05, 4.69) is 5.32 Å². The number of amides is 1. The molecule has 3 nitrogen and oxygen atoms in total. The summed E-state index contributed by atoms with van der Waals surface area (Å²) in [5.41, 5.74) is 1.19. The van der Waals surface area contributed by atoms with Crippen molar-refractivity contribution in [2.45, 2.75) is 18.9 Å². The molecule has 0 bridgehead atoms. The van der Waals surface area contributed by atoms with Crippen molar-refractivity contribution in [2.24, 2.45) is 0 Å². The zero-order valence-corrected chi connectivity index (χ0v) is 11.6. The molecule has 2 aromatic carbocycles. The maximum atomic E-state index is 13.4. The second-order valence-electron chi connectivity index (χ2n) is 4.83. The summed E-state index contributed by atoms with van der Waals surface area (Å²) < 4.78 is 13.4. The second-order valence-corrected chi connectivity index (χ2v) is 4.83. The summed E-state index contributed by atoms with van der Waals surface area (Å²) in [5.74, 6) is -0.627.